The fourth-order valence-electron chi connectivity index (χ4n) is 4.19. The van der Waals surface area contributed by atoms with Gasteiger partial charge < -0.3 is 20.5 Å². The first kappa shape index (κ1) is 25.5. The normalized spacial score (nSPS) is 12.7. The summed E-state index contributed by atoms with van der Waals surface area (Å²) in [7, 11) is 0. The predicted molar refractivity (Wildman–Crippen MR) is 146 cm³/mol. The fourth-order valence-corrected chi connectivity index (χ4v) is 4.36. The number of carbonyl (C=O) groups is 1. The Morgan fingerprint density at radius 3 is 2.47 bits per heavy atom. The van der Waals surface area contributed by atoms with Crippen LogP contribution in [0.2, 0.25) is 5.02 Å². The monoisotopic (exact) mass is 503 g/mol. The van der Waals surface area contributed by atoms with Gasteiger partial charge in [0.15, 0.2) is 5.88 Å². The fraction of sp³-hybridized carbons (Fsp3) is 0.241. The highest BCUT2D eigenvalue weighted by Crippen LogP contribution is 2.33. The van der Waals surface area contributed by atoms with Crippen LogP contribution in [0.1, 0.15) is 55.0 Å². The van der Waals surface area contributed by atoms with Crippen LogP contribution in [-0.4, -0.2) is 33.4 Å². The summed E-state index contributed by atoms with van der Waals surface area (Å²) in [6, 6.07) is 21.4. The topological polar surface area (TPSA) is 97.7 Å². The average molecular weight is 504 g/mol. The van der Waals surface area contributed by atoms with Crippen LogP contribution in [0.4, 0.5) is 5.69 Å². The molecule has 186 valence electrons. The number of aliphatic imine (C=N–C) groups is 1. The molecule has 0 aliphatic rings. The summed E-state index contributed by atoms with van der Waals surface area (Å²) in [6.07, 6.45) is 1.59. The molecular weight excluding hydrogens is 474 g/mol. The number of aryl methyl sites for hydroxylation is 1. The lowest BCUT2D eigenvalue weighted by Crippen LogP contribution is -2.19. The highest BCUT2D eigenvalue weighted by Gasteiger charge is 2.19. The van der Waals surface area contributed by atoms with E-state index in [1.54, 1.807) is 12.1 Å². The van der Waals surface area contributed by atoms with Crippen LogP contribution in [-0.2, 0) is 11.2 Å². The van der Waals surface area contributed by atoms with E-state index in [2.05, 4.69) is 36.3 Å². The molecule has 0 saturated carbocycles. The maximum atomic E-state index is 10.9. The van der Waals surface area contributed by atoms with Gasteiger partial charge in [-0.25, -0.2) is 4.99 Å². The quantitative estimate of drug-likeness (QED) is 0.179. The number of aromatic nitrogens is 1. The lowest BCUT2D eigenvalue weighted by molar-refractivity contribution is -0.136. The number of benzene rings is 3. The van der Waals surface area contributed by atoms with Crippen LogP contribution in [0.25, 0.3) is 10.9 Å². The number of H-pyrrole nitrogens is 1. The van der Waals surface area contributed by atoms with Crippen LogP contribution in [0.3, 0.4) is 0 Å². The van der Waals surface area contributed by atoms with Gasteiger partial charge in [-0.05, 0) is 61.7 Å². The van der Waals surface area contributed by atoms with Crippen molar-refractivity contribution in [3.05, 3.63) is 94.0 Å². The van der Waals surface area contributed by atoms with Gasteiger partial charge in [0.2, 0.25) is 0 Å². The van der Waals surface area contributed by atoms with E-state index in [1.807, 2.05) is 42.5 Å². The zero-order valence-electron chi connectivity index (χ0n) is 20.4. The maximum Gasteiger partial charge on any atom is 0.303 e. The number of halogens is 1. The third-order valence-electron chi connectivity index (χ3n) is 6.17. The lowest BCUT2D eigenvalue weighted by Gasteiger charge is -2.14. The first-order valence-corrected chi connectivity index (χ1v) is 12.5. The van der Waals surface area contributed by atoms with Crippen molar-refractivity contribution >= 4 is 39.9 Å². The Labute approximate surface area is 215 Å². The van der Waals surface area contributed by atoms with Crippen molar-refractivity contribution in [3.8, 4) is 5.88 Å². The summed E-state index contributed by atoms with van der Waals surface area (Å²) in [4.78, 5) is 18.9. The molecule has 0 saturated heterocycles. The van der Waals surface area contributed by atoms with E-state index in [-0.39, 0.29) is 18.3 Å². The van der Waals surface area contributed by atoms with Gasteiger partial charge in [-0.15, -0.1) is 0 Å². The van der Waals surface area contributed by atoms with Crippen LogP contribution < -0.4 is 5.32 Å². The summed E-state index contributed by atoms with van der Waals surface area (Å²) >= 11 is 6.17. The summed E-state index contributed by atoms with van der Waals surface area (Å²) in [5.74, 6) is -0.818. The summed E-state index contributed by atoms with van der Waals surface area (Å²) < 4.78 is 0. The van der Waals surface area contributed by atoms with Crippen molar-refractivity contribution in [1.82, 2.24) is 10.3 Å². The minimum atomic E-state index is -0.827. The molecule has 1 heterocycles. The predicted octanol–water partition coefficient (Wildman–Crippen LogP) is 6.77. The standard InChI is InChI=1S/C29H30ClN3O3/c1-3-16-31-18(2)20-9-12-23(13-10-20)32-28(21-7-4-19(5-8-21)6-15-26(34)35)27-24-14-11-22(30)17-25(24)33-29(27)36/h4-5,7-14,17-18,31,33,36H,3,6,15-16H2,1-2H3,(H,34,35). The molecule has 0 fully saturated rings. The smallest absolute Gasteiger partial charge is 0.303 e. The first-order valence-electron chi connectivity index (χ1n) is 12.1. The highest BCUT2D eigenvalue weighted by atomic mass is 35.5. The van der Waals surface area contributed by atoms with Gasteiger partial charge in [0, 0.05) is 28.4 Å². The second-order valence-electron chi connectivity index (χ2n) is 8.86. The van der Waals surface area contributed by atoms with Gasteiger partial charge in [0.05, 0.1) is 22.5 Å². The molecule has 36 heavy (non-hydrogen) atoms. The summed E-state index contributed by atoms with van der Waals surface area (Å²) in [5.41, 5.74) is 5.57. The molecule has 4 rings (SSSR count). The van der Waals surface area contributed by atoms with E-state index >= 15 is 0 Å². The van der Waals surface area contributed by atoms with E-state index < -0.39 is 5.97 Å². The molecule has 0 aliphatic carbocycles. The van der Waals surface area contributed by atoms with Crippen molar-refractivity contribution in [3.63, 3.8) is 0 Å². The van der Waals surface area contributed by atoms with Crippen LogP contribution >= 0.6 is 11.6 Å². The second kappa shape index (κ2) is 11.4. The number of nitrogens with one attached hydrogen (secondary N) is 2. The van der Waals surface area contributed by atoms with Gasteiger partial charge in [-0.3, -0.25) is 4.79 Å². The number of carboxylic acid groups (broad SMARTS) is 1. The molecule has 4 aromatic rings. The SMILES string of the molecule is CCCNC(C)c1ccc(N=C(c2ccc(CCC(=O)O)cc2)c2c(O)[nH]c3cc(Cl)ccc23)cc1. The van der Waals surface area contributed by atoms with Gasteiger partial charge in [0.1, 0.15) is 0 Å². The van der Waals surface area contributed by atoms with Crippen LogP contribution in [0.15, 0.2) is 71.7 Å². The van der Waals surface area contributed by atoms with Crippen molar-refractivity contribution < 1.29 is 15.0 Å². The molecule has 7 heteroatoms. The van der Waals surface area contributed by atoms with Gasteiger partial charge in [-0.2, -0.15) is 0 Å². The number of nitrogens with zero attached hydrogens (tertiary/aromatic N) is 1. The largest absolute Gasteiger partial charge is 0.494 e. The Hall–Kier alpha value is -3.61. The molecule has 3 aromatic carbocycles. The molecule has 0 amide bonds. The zero-order valence-corrected chi connectivity index (χ0v) is 21.1. The van der Waals surface area contributed by atoms with Gasteiger partial charge >= 0.3 is 5.97 Å². The lowest BCUT2D eigenvalue weighted by atomic mass is 9.98. The molecule has 1 aromatic heterocycles. The highest BCUT2D eigenvalue weighted by molar-refractivity contribution is 6.31. The van der Waals surface area contributed by atoms with Crippen molar-refractivity contribution in [1.29, 1.82) is 0 Å². The van der Waals surface area contributed by atoms with Gasteiger partial charge in [-0.1, -0.05) is 61.0 Å². The minimum absolute atomic E-state index is 0.00924. The Morgan fingerprint density at radius 1 is 1.08 bits per heavy atom. The van der Waals surface area contributed by atoms with E-state index in [4.69, 9.17) is 21.7 Å². The summed E-state index contributed by atoms with van der Waals surface area (Å²) in [6.45, 7) is 5.24. The number of fused-ring (bicyclic) bond motifs is 1. The number of aromatic amines is 1. The van der Waals surface area contributed by atoms with E-state index in [1.165, 1.54) is 5.56 Å². The van der Waals surface area contributed by atoms with Crippen molar-refractivity contribution in [2.75, 3.05) is 6.54 Å². The van der Waals surface area contributed by atoms with Gasteiger partial charge in [0.25, 0.3) is 0 Å². The third-order valence-corrected chi connectivity index (χ3v) is 6.40. The third kappa shape index (κ3) is 5.96. The molecule has 6 nitrogen and oxygen atoms in total. The first-order chi connectivity index (χ1) is 17.4. The Balaban J connectivity index is 1.76. The van der Waals surface area contributed by atoms with E-state index in [9.17, 15) is 9.90 Å². The number of aromatic hydroxyl groups is 1. The average Bonchev–Trinajstić information content (AvgIpc) is 3.19. The zero-order chi connectivity index (χ0) is 25.7. The number of hydrogen-bond donors (Lipinski definition) is 4. The number of carboxylic acids is 1. The molecule has 4 N–H and O–H groups in total. The van der Waals surface area contributed by atoms with Crippen molar-refractivity contribution in [2.45, 2.75) is 39.2 Å². The number of rotatable bonds is 10. The molecule has 1 atom stereocenters. The Morgan fingerprint density at radius 2 is 1.81 bits per heavy atom. The molecule has 0 bridgehead atoms. The maximum absolute atomic E-state index is 10.9. The minimum Gasteiger partial charge on any atom is -0.494 e. The molecule has 0 spiro atoms. The molecule has 0 radical (unpaired) electrons. The number of aliphatic carboxylic acids is 1. The second-order valence-corrected chi connectivity index (χ2v) is 9.29. The Kier molecular flexibility index (Phi) is 8.08. The van der Waals surface area contributed by atoms with Crippen LogP contribution in [0, 0.1) is 0 Å². The molecular formula is C29H30ClN3O3. The number of hydrogen-bond acceptors (Lipinski definition) is 4. The molecule has 0 aliphatic heterocycles. The summed E-state index contributed by atoms with van der Waals surface area (Å²) in [5, 5.41) is 24.7. The Bertz CT molecular complexity index is 1380. The van der Waals surface area contributed by atoms with E-state index in [0.29, 0.717) is 28.2 Å². The molecule has 1 unspecified atom stereocenters. The van der Waals surface area contributed by atoms with Crippen LogP contribution in [0.5, 0.6) is 5.88 Å². The van der Waals surface area contributed by atoms with E-state index in [0.717, 1.165) is 35.2 Å². The van der Waals surface area contributed by atoms with Crippen molar-refractivity contribution in [2.24, 2.45) is 4.99 Å².